The lowest BCUT2D eigenvalue weighted by atomic mass is 9.94. The zero-order valence-electron chi connectivity index (χ0n) is 14.9. The summed E-state index contributed by atoms with van der Waals surface area (Å²) in [6.45, 7) is 2.90. The molecule has 0 fully saturated rings. The molecule has 146 valence electrons. The predicted octanol–water partition coefficient (Wildman–Crippen LogP) is 6.06. The van der Waals surface area contributed by atoms with Gasteiger partial charge in [-0.3, -0.25) is 0 Å². The van der Waals surface area contributed by atoms with Gasteiger partial charge in [0.2, 0.25) is 0 Å². The molecule has 0 N–H and O–H groups in total. The molecular weight excluding hydrogens is 394 g/mol. The van der Waals surface area contributed by atoms with Gasteiger partial charge in [-0.15, -0.1) is 0 Å². The Morgan fingerprint density at radius 3 is 2.25 bits per heavy atom. The van der Waals surface area contributed by atoms with Crippen molar-refractivity contribution in [2.24, 2.45) is 0 Å². The van der Waals surface area contributed by atoms with Crippen LogP contribution in [0.5, 0.6) is 5.75 Å². The molecule has 1 aliphatic rings. The van der Waals surface area contributed by atoms with E-state index in [4.69, 9.17) is 16.3 Å². The number of ether oxygens (including phenoxy) is 1. The summed E-state index contributed by atoms with van der Waals surface area (Å²) in [5.74, 6) is -1.92. The summed E-state index contributed by atoms with van der Waals surface area (Å²) in [6.07, 6.45) is -1.31. The number of rotatable bonds is 5. The lowest BCUT2D eigenvalue weighted by molar-refractivity contribution is 0.123. The molecule has 0 unspecified atom stereocenters. The minimum absolute atomic E-state index is 0.0239. The van der Waals surface area contributed by atoms with Crippen molar-refractivity contribution in [3.05, 3.63) is 88.6 Å². The van der Waals surface area contributed by atoms with Crippen molar-refractivity contribution in [2.45, 2.75) is 6.43 Å². The zero-order chi connectivity index (χ0) is 20.4. The molecule has 28 heavy (non-hydrogen) atoms. The molecule has 0 saturated heterocycles. The lowest BCUT2D eigenvalue weighted by Crippen LogP contribution is -2.30. The highest BCUT2D eigenvalue weighted by molar-refractivity contribution is 6.33. The van der Waals surface area contributed by atoms with Crippen LogP contribution in [-0.2, 0) is 0 Å². The van der Waals surface area contributed by atoms with E-state index in [9.17, 15) is 17.6 Å². The molecule has 0 radical (unpaired) electrons. The molecule has 3 rings (SSSR count). The Kier molecular flexibility index (Phi) is 5.79. The quantitative estimate of drug-likeness (QED) is 0.557. The molecule has 0 aromatic heterocycles. The van der Waals surface area contributed by atoms with Gasteiger partial charge < -0.3 is 9.64 Å². The van der Waals surface area contributed by atoms with Gasteiger partial charge in [-0.2, -0.15) is 0 Å². The molecular formula is C21H16ClF4NO. The van der Waals surface area contributed by atoms with Crippen molar-refractivity contribution in [3.8, 4) is 5.75 Å². The van der Waals surface area contributed by atoms with Gasteiger partial charge in [-0.05, 0) is 11.6 Å². The molecule has 0 aliphatic carbocycles. The van der Waals surface area contributed by atoms with Gasteiger partial charge >= 0.3 is 0 Å². The molecule has 1 aliphatic heterocycles. The van der Waals surface area contributed by atoms with Crippen LogP contribution in [0.25, 0.3) is 11.3 Å². The van der Waals surface area contributed by atoms with E-state index in [1.54, 1.807) is 30.3 Å². The van der Waals surface area contributed by atoms with Gasteiger partial charge in [0.25, 0.3) is 6.43 Å². The summed E-state index contributed by atoms with van der Waals surface area (Å²) >= 11 is 6.20. The maximum absolute atomic E-state index is 14.9. The van der Waals surface area contributed by atoms with Gasteiger partial charge in [0.1, 0.15) is 17.4 Å². The summed E-state index contributed by atoms with van der Waals surface area (Å²) < 4.78 is 61.2. The summed E-state index contributed by atoms with van der Waals surface area (Å²) in [5.41, 5.74) is 0.380. The Balaban J connectivity index is 2.35. The highest BCUT2D eigenvalue weighted by atomic mass is 35.5. The van der Waals surface area contributed by atoms with Crippen LogP contribution < -0.4 is 4.74 Å². The fourth-order valence-corrected chi connectivity index (χ4v) is 3.24. The molecule has 1 heterocycles. The van der Waals surface area contributed by atoms with Gasteiger partial charge in [0.15, 0.2) is 0 Å². The van der Waals surface area contributed by atoms with Crippen molar-refractivity contribution >= 4 is 22.9 Å². The first-order chi connectivity index (χ1) is 13.3. The fourth-order valence-electron chi connectivity index (χ4n) is 3.03. The normalized spacial score (nSPS) is 14.6. The molecule has 2 nitrogen and oxygen atoms in total. The Hall–Kier alpha value is -2.73. The maximum Gasteiger partial charge on any atom is 0.256 e. The number of methoxy groups -OCH3 is 1. The summed E-state index contributed by atoms with van der Waals surface area (Å²) in [6, 6.07) is 10.6. The van der Waals surface area contributed by atoms with Crippen LogP contribution in [0, 0.1) is 11.6 Å². The SMILES string of the molecule is C=C1C(Cl)=CC(c2ccccc2)=C(c2c(F)cc(OC)cc2F)N1CC(F)F. The van der Waals surface area contributed by atoms with E-state index in [-0.39, 0.29) is 22.2 Å². The minimum Gasteiger partial charge on any atom is -0.497 e. The first-order valence-electron chi connectivity index (χ1n) is 8.28. The van der Waals surface area contributed by atoms with Crippen molar-refractivity contribution in [2.75, 3.05) is 13.7 Å². The first kappa shape index (κ1) is 20.0. The van der Waals surface area contributed by atoms with E-state index in [0.29, 0.717) is 11.1 Å². The Bertz CT molecular complexity index is 947. The number of allylic oxidation sites excluding steroid dienone is 3. The van der Waals surface area contributed by atoms with Crippen molar-refractivity contribution in [3.63, 3.8) is 0 Å². The number of hydrogen-bond donors (Lipinski definition) is 0. The Morgan fingerprint density at radius 2 is 1.71 bits per heavy atom. The molecule has 0 amide bonds. The maximum atomic E-state index is 14.9. The van der Waals surface area contributed by atoms with Gasteiger partial charge in [0.05, 0.1) is 35.6 Å². The average Bonchev–Trinajstić information content (AvgIpc) is 2.66. The standard InChI is InChI=1S/C21H16ClF4NO/c1-12-16(22)10-15(13-6-4-3-5-7-13)21(27(12)11-19(25)26)20-17(23)8-14(28-2)9-18(20)24/h3-10,19H,1,11H2,2H3. The topological polar surface area (TPSA) is 12.5 Å². The molecule has 2 aromatic carbocycles. The van der Waals surface area contributed by atoms with Crippen LogP contribution in [-0.4, -0.2) is 25.0 Å². The van der Waals surface area contributed by atoms with Crippen LogP contribution in [0.4, 0.5) is 17.6 Å². The second kappa shape index (κ2) is 8.10. The van der Waals surface area contributed by atoms with E-state index in [2.05, 4.69) is 6.58 Å². The van der Waals surface area contributed by atoms with Crippen LogP contribution in [0.1, 0.15) is 11.1 Å². The highest BCUT2D eigenvalue weighted by Gasteiger charge is 2.31. The van der Waals surface area contributed by atoms with E-state index in [0.717, 1.165) is 17.0 Å². The monoisotopic (exact) mass is 409 g/mol. The summed E-state index contributed by atoms with van der Waals surface area (Å²) in [5, 5.41) is 0.109. The number of halogens is 5. The molecule has 2 aromatic rings. The van der Waals surface area contributed by atoms with E-state index < -0.39 is 30.2 Å². The third kappa shape index (κ3) is 3.78. The highest BCUT2D eigenvalue weighted by Crippen LogP contribution is 2.42. The molecule has 0 spiro atoms. The zero-order valence-corrected chi connectivity index (χ0v) is 15.6. The Morgan fingerprint density at radius 1 is 1.11 bits per heavy atom. The van der Waals surface area contributed by atoms with Gasteiger partial charge in [-0.25, -0.2) is 17.6 Å². The third-order valence-electron chi connectivity index (χ3n) is 4.29. The lowest BCUT2D eigenvalue weighted by Gasteiger charge is -2.34. The second-order valence-corrected chi connectivity index (χ2v) is 6.44. The van der Waals surface area contributed by atoms with Gasteiger partial charge in [-0.1, -0.05) is 48.5 Å². The van der Waals surface area contributed by atoms with Crippen molar-refractivity contribution in [1.29, 1.82) is 0 Å². The van der Waals surface area contributed by atoms with Crippen LogP contribution in [0.2, 0.25) is 0 Å². The van der Waals surface area contributed by atoms with Crippen molar-refractivity contribution in [1.82, 2.24) is 4.90 Å². The minimum atomic E-state index is -2.78. The van der Waals surface area contributed by atoms with Crippen LogP contribution >= 0.6 is 11.6 Å². The molecule has 0 saturated carbocycles. The summed E-state index contributed by atoms with van der Waals surface area (Å²) in [4.78, 5) is 1.04. The Labute approximate surface area is 165 Å². The van der Waals surface area contributed by atoms with Crippen LogP contribution in [0.3, 0.4) is 0 Å². The second-order valence-electron chi connectivity index (χ2n) is 6.04. The molecule has 7 heteroatoms. The fraction of sp³-hybridized carbons (Fsp3) is 0.143. The van der Waals surface area contributed by atoms with Crippen molar-refractivity contribution < 1.29 is 22.3 Å². The number of nitrogens with zero attached hydrogens (tertiary/aromatic N) is 1. The summed E-state index contributed by atoms with van der Waals surface area (Å²) in [7, 11) is 1.27. The third-order valence-corrected chi connectivity index (χ3v) is 4.62. The molecule has 0 bridgehead atoms. The number of alkyl halides is 2. The van der Waals surface area contributed by atoms with E-state index >= 15 is 0 Å². The predicted molar refractivity (Wildman–Crippen MR) is 102 cm³/mol. The number of benzene rings is 2. The molecule has 0 atom stereocenters. The van der Waals surface area contributed by atoms with E-state index in [1.807, 2.05) is 0 Å². The first-order valence-corrected chi connectivity index (χ1v) is 8.66. The van der Waals surface area contributed by atoms with E-state index in [1.165, 1.54) is 13.2 Å². The van der Waals surface area contributed by atoms with Crippen LogP contribution in [0.15, 0.2) is 65.8 Å². The smallest absolute Gasteiger partial charge is 0.256 e. The van der Waals surface area contributed by atoms with Gasteiger partial charge in [0, 0.05) is 17.7 Å². The average molecular weight is 410 g/mol. The largest absolute Gasteiger partial charge is 0.497 e. The number of hydrogen-bond acceptors (Lipinski definition) is 2.